The molecule has 1 atom stereocenters. The monoisotopic (exact) mass is 481 g/mol. The quantitative estimate of drug-likeness (QED) is 0.364. The molecule has 1 unspecified atom stereocenters. The number of thioether (sulfide) groups is 1. The Morgan fingerprint density at radius 1 is 1.15 bits per heavy atom. The standard InChI is InChI=1S/C26H27NO6S/c1-14-15(2)23-20(16(3)22(14)32-17(4)28)10-11-26(5,33-23)13-31-19-8-6-18(7-9-19)12-21-24(29)27-25(30)34-21/h6-9,12H,10-11,13H2,1-5H3,(H,27,29,30)/b21-12+. The molecule has 2 aliphatic heterocycles. The summed E-state index contributed by atoms with van der Waals surface area (Å²) in [6.45, 7) is 9.69. The average molecular weight is 482 g/mol. The van der Waals surface area contributed by atoms with E-state index in [-0.39, 0.29) is 17.1 Å². The number of amides is 2. The molecule has 178 valence electrons. The topological polar surface area (TPSA) is 90.9 Å². The molecule has 1 N–H and O–H groups in total. The number of rotatable bonds is 5. The fourth-order valence-electron chi connectivity index (χ4n) is 4.15. The van der Waals surface area contributed by atoms with E-state index < -0.39 is 5.60 Å². The lowest BCUT2D eigenvalue weighted by Gasteiger charge is -2.37. The zero-order chi connectivity index (χ0) is 24.6. The second-order valence-electron chi connectivity index (χ2n) is 8.87. The molecule has 0 radical (unpaired) electrons. The van der Waals surface area contributed by atoms with Crippen LogP contribution in [-0.4, -0.2) is 29.3 Å². The van der Waals surface area contributed by atoms with Crippen molar-refractivity contribution in [3.8, 4) is 17.2 Å². The summed E-state index contributed by atoms with van der Waals surface area (Å²) in [5.74, 6) is 1.44. The minimum absolute atomic E-state index is 0.332. The Balaban J connectivity index is 1.46. The minimum Gasteiger partial charge on any atom is -0.489 e. The summed E-state index contributed by atoms with van der Waals surface area (Å²) in [5.41, 5.74) is 4.17. The number of fused-ring (bicyclic) bond motifs is 1. The first-order valence-electron chi connectivity index (χ1n) is 11.0. The number of ether oxygens (including phenoxy) is 3. The van der Waals surface area contributed by atoms with Crippen LogP contribution in [0.3, 0.4) is 0 Å². The molecule has 4 rings (SSSR count). The molecule has 0 aliphatic carbocycles. The summed E-state index contributed by atoms with van der Waals surface area (Å²) in [7, 11) is 0. The van der Waals surface area contributed by atoms with Crippen molar-refractivity contribution in [2.24, 2.45) is 0 Å². The van der Waals surface area contributed by atoms with Gasteiger partial charge in [0.15, 0.2) is 0 Å². The number of esters is 1. The number of benzene rings is 2. The summed E-state index contributed by atoms with van der Waals surface area (Å²) in [5, 5.41) is 1.89. The van der Waals surface area contributed by atoms with Crippen molar-refractivity contribution < 1.29 is 28.6 Å². The van der Waals surface area contributed by atoms with Gasteiger partial charge in [0.2, 0.25) is 0 Å². The van der Waals surface area contributed by atoms with Gasteiger partial charge in [-0.1, -0.05) is 12.1 Å². The van der Waals surface area contributed by atoms with Crippen LogP contribution in [0.2, 0.25) is 0 Å². The molecule has 2 amide bonds. The number of carbonyl (C=O) groups excluding carboxylic acids is 3. The molecule has 0 bridgehead atoms. The van der Waals surface area contributed by atoms with Gasteiger partial charge in [-0.25, -0.2) is 0 Å². The normalized spacial score (nSPS) is 20.6. The molecule has 0 saturated carbocycles. The van der Waals surface area contributed by atoms with Crippen molar-refractivity contribution in [2.75, 3.05) is 6.61 Å². The molecule has 1 fully saturated rings. The van der Waals surface area contributed by atoms with Gasteiger partial charge in [0.25, 0.3) is 11.1 Å². The Morgan fingerprint density at radius 3 is 2.47 bits per heavy atom. The zero-order valence-corrected chi connectivity index (χ0v) is 20.7. The number of imide groups is 1. The summed E-state index contributed by atoms with van der Waals surface area (Å²) in [6, 6.07) is 7.34. The molecule has 2 aromatic carbocycles. The molecular formula is C26H27NO6S. The molecule has 0 spiro atoms. The third-order valence-corrected chi connectivity index (χ3v) is 6.98. The van der Waals surface area contributed by atoms with Crippen LogP contribution < -0.4 is 19.5 Å². The van der Waals surface area contributed by atoms with Gasteiger partial charge in [-0.05, 0) is 92.8 Å². The van der Waals surface area contributed by atoms with E-state index in [4.69, 9.17) is 14.2 Å². The Morgan fingerprint density at radius 2 is 1.85 bits per heavy atom. The lowest BCUT2D eigenvalue weighted by molar-refractivity contribution is -0.132. The maximum Gasteiger partial charge on any atom is 0.308 e. The number of hydrogen-bond donors (Lipinski definition) is 1. The van der Waals surface area contributed by atoms with Gasteiger partial charge in [0, 0.05) is 12.5 Å². The van der Waals surface area contributed by atoms with Gasteiger partial charge < -0.3 is 14.2 Å². The van der Waals surface area contributed by atoms with Crippen molar-refractivity contribution in [1.82, 2.24) is 5.32 Å². The van der Waals surface area contributed by atoms with Gasteiger partial charge in [-0.2, -0.15) is 0 Å². The van der Waals surface area contributed by atoms with E-state index in [1.54, 1.807) is 6.08 Å². The van der Waals surface area contributed by atoms with Crippen molar-refractivity contribution in [3.63, 3.8) is 0 Å². The van der Waals surface area contributed by atoms with Crippen molar-refractivity contribution in [3.05, 3.63) is 57.0 Å². The van der Waals surface area contributed by atoms with Crippen molar-refractivity contribution >= 4 is 35.0 Å². The van der Waals surface area contributed by atoms with Crippen LogP contribution in [0.4, 0.5) is 4.79 Å². The maximum atomic E-state index is 11.7. The van der Waals surface area contributed by atoms with Crippen LogP contribution in [0.15, 0.2) is 29.2 Å². The summed E-state index contributed by atoms with van der Waals surface area (Å²) < 4.78 is 18.0. The first-order valence-corrected chi connectivity index (χ1v) is 11.9. The predicted molar refractivity (Wildman–Crippen MR) is 130 cm³/mol. The van der Waals surface area contributed by atoms with E-state index in [0.29, 0.717) is 23.0 Å². The molecule has 2 aliphatic rings. The Bertz CT molecular complexity index is 1220. The van der Waals surface area contributed by atoms with E-state index in [0.717, 1.165) is 58.2 Å². The van der Waals surface area contributed by atoms with E-state index in [1.807, 2.05) is 52.0 Å². The molecule has 7 nitrogen and oxygen atoms in total. The van der Waals surface area contributed by atoms with Crippen LogP contribution in [0.5, 0.6) is 17.2 Å². The van der Waals surface area contributed by atoms with Crippen LogP contribution in [-0.2, 0) is 16.0 Å². The van der Waals surface area contributed by atoms with E-state index in [1.165, 1.54) is 6.92 Å². The molecule has 2 heterocycles. The first-order chi connectivity index (χ1) is 16.1. The average Bonchev–Trinajstić information content (AvgIpc) is 3.11. The fourth-order valence-corrected chi connectivity index (χ4v) is 4.83. The zero-order valence-electron chi connectivity index (χ0n) is 19.9. The van der Waals surface area contributed by atoms with Crippen LogP contribution in [0.1, 0.15) is 48.1 Å². The summed E-state index contributed by atoms with van der Waals surface area (Å²) in [6.07, 6.45) is 3.23. The smallest absolute Gasteiger partial charge is 0.308 e. The molecule has 1 saturated heterocycles. The van der Waals surface area contributed by atoms with Gasteiger partial charge in [0.1, 0.15) is 29.5 Å². The second-order valence-corrected chi connectivity index (χ2v) is 9.88. The minimum atomic E-state index is -0.515. The highest BCUT2D eigenvalue weighted by molar-refractivity contribution is 8.18. The highest BCUT2D eigenvalue weighted by Gasteiger charge is 2.36. The van der Waals surface area contributed by atoms with Crippen molar-refractivity contribution in [1.29, 1.82) is 0 Å². The predicted octanol–water partition coefficient (Wildman–Crippen LogP) is 5.02. The van der Waals surface area contributed by atoms with Crippen LogP contribution in [0.25, 0.3) is 6.08 Å². The lowest BCUT2D eigenvalue weighted by atomic mass is 9.87. The van der Waals surface area contributed by atoms with E-state index in [9.17, 15) is 14.4 Å². The maximum absolute atomic E-state index is 11.7. The van der Waals surface area contributed by atoms with Gasteiger partial charge in [0.05, 0.1) is 4.91 Å². The SMILES string of the molecule is CC(=O)Oc1c(C)c(C)c2c(c1C)CCC(C)(COc1ccc(/C=C3/SC(=O)NC3=O)cc1)O2. The highest BCUT2D eigenvalue weighted by atomic mass is 32.2. The fraction of sp³-hybridized carbons (Fsp3) is 0.346. The molecule has 2 aromatic rings. The Labute approximate surface area is 202 Å². The molecule has 8 heteroatoms. The lowest BCUT2D eigenvalue weighted by Crippen LogP contribution is -2.42. The van der Waals surface area contributed by atoms with Crippen LogP contribution >= 0.6 is 11.8 Å². The van der Waals surface area contributed by atoms with Crippen molar-refractivity contribution in [2.45, 2.75) is 53.1 Å². The highest BCUT2D eigenvalue weighted by Crippen LogP contribution is 2.44. The molecule has 34 heavy (non-hydrogen) atoms. The third kappa shape index (κ3) is 4.82. The van der Waals surface area contributed by atoms with E-state index >= 15 is 0 Å². The van der Waals surface area contributed by atoms with Gasteiger partial charge in [-0.15, -0.1) is 0 Å². The number of nitrogens with one attached hydrogen (secondary N) is 1. The number of hydrogen-bond acceptors (Lipinski definition) is 7. The molecular weight excluding hydrogens is 454 g/mol. The van der Waals surface area contributed by atoms with Crippen LogP contribution in [0, 0.1) is 20.8 Å². The number of carbonyl (C=O) groups is 3. The largest absolute Gasteiger partial charge is 0.489 e. The third-order valence-electron chi connectivity index (χ3n) is 6.17. The second kappa shape index (κ2) is 9.18. The summed E-state index contributed by atoms with van der Waals surface area (Å²) in [4.78, 5) is 34.9. The van der Waals surface area contributed by atoms with Gasteiger partial charge >= 0.3 is 5.97 Å². The summed E-state index contributed by atoms with van der Waals surface area (Å²) >= 11 is 0.891. The Hall–Kier alpha value is -3.26. The van der Waals surface area contributed by atoms with Gasteiger partial charge in [-0.3, -0.25) is 19.7 Å². The molecule has 0 aromatic heterocycles. The Kier molecular flexibility index (Phi) is 6.45. The van der Waals surface area contributed by atoms with E-state index in [2.05, 4.69) is 5.32 Å². The first kappa shape index (κ1) is 23.9.